The molecule has 1 unspecified atom stereocenters. The summed E-state index contributed by atoms with van der Waals surface area (Å²) in [6, 6.07) is 3.90. The third-order valence-corrected chi connectivity index (χ3v) is 5.84. The summed E-state index contributed by atoms with van der Waals surface area (Å²) >= 11 is 1.59. The largest absolute Gasteiger partial charge is 0.383 e. The molecule has 0 amide bonds. The van der Waals surface area contributed by atoms with Crippen LogP contribution in [-0.4, -0.2) is 46.5 Å². The van der Waals surface area contributed by atoms with E-state index in [1.54, 1.807) is 18.4 Å². The molecule has 1 aliphatic rings. The van der Waals surface area contributed by atoms with Gasteiger partial charge < -0.3 is 10.1 Å². The number of hydrogen-bond donors (Lipinski definition) is 2. The number of hydrogen-bond acceptors (Lipinski definition) is 5. The Labute approximate surface area is 124 Å². The van der Waals surface area contributed by atoms with Gasteiger partial charge in [0.2, 0.25) is 10.0 Å². The zero-order chi connectivity index (χ0) is 14.5. The second-order valence-corrected chi connectivity index (χ2v) is 8.17. The third-order valence-electron chi connectivity index (χ3n) is 3.58. The van der Waals surface area contributed by atoms with E-state index in [9.17, 15) is 8.42 Å². The number of thiophene rings is 1. The Morgan fingerprint density at radius 2 is 2.40 bits per heavy atom. The van der Waals surface area contributed by atoms with Crippen LogP contribution in [0.1, 0.15) is 17.7 Å². The van der Waals surface area contributed by atoms with Crippen LogP contribution in [0.3, 0.4) is 0 Å². The first-order chi connectivity index (χ1) is 9.55. The first kappa shape index (κ1) is 15.9. The van der Waals surface area contributed by atoms with Crippen molar-refractivity contribution in [3.05, 3.63) is 22.4 Å². The second kappa shape index (κ2) is 7.00. The van der Waals surface area contributed by atoms with Crippen molar-refractivity contribution in [1.82, 2.24) is 10.0 Å². The van der Waals surface area contributed by atoms with Gasteiger partial charge in [-0.2, -0.15) is 0 Å². The molecule has 0 spiro atoms. The van der Waals surface area contributed by atoms with Gasteiger partial charge in [-0.05, 0) is 37.3 Å². The average Bonchev–Trinajstić information content (AvgIpc) is 3.07. The van der Waals surface area contributed by atoms with E-state index in [-0.39, 0.29) is 11.3 Å². The number of nitrogens with one attached hydrogen (secondary N) is 2. The summed E-state index contributed by atoms with van der Waals surface area (Å²) in [6.45, 7) is 1.84. The Morgan fingerprint density at radius 1 is 1.55 bits per heavy atom. The fraction of sp³-hybridized carbons (Fsp3) is 0.692. The van der Waals surface area contributed by atoms with Gasteiger partial charge in [0.1, 0.15) is 0 Å². The lowest BCUT2D eigenvalue weighted by Crippen LogP contribution is -2.53. The summed E-state index contributed by atoms with van der Waals surface area (Å²) in [5.41, 5.74) is -0.245. The van der Waals surface area contributed by atoms with Gasteiger partial charge in [-0.15, -0.1) is 11.3 Å². The molecule has 0 bridgehead atoms. The maximum atomic E-state index is 12.1. The number of sulfonamides is 1. The molecular formula is C13H22N2O3S2. The normalized spacial score (nSPS) is 23.2. The molecular weight excluding hydrogens is 296 g/mol. The van der Waals surface area contributed by atoms with Gasteiger partial charge >= 0.3 is 0 Å². The molecule has 114 valence electrons. The van der Waals surface area contributed by atoms with Gasteiger partial charge in [-0.1, -0.05) is 6.07 Å². The van der Waals surface area contributed by atoms with E-state index in [1.807, 2.05) is 17.5 Å². The van der Waals surface area contributed by atoms with Crippen molar-refractivity contribution in [2.45, 2.75) is 24.8 Å². The van der Waals surface area contributed by atoms with Crippen LogP contribution < -0.4 is 10.0 Å². The lowest BCUT2D eigenvalue weighted by molar-refractivity contribution is 0.122. The van der Waals surface area contributed by atoms with Crippen molar-refractivity contribution in [3.8, 4) is 0 Å². The predicted octanol–water partition coefficient (Wildman–Crippen LogP) is 0.979. The molecule has 0 radical (unpaired) electrons. The lowest BCUT2D eigenvalue weighted by Gasteiger charge is -2.28. The van der Waals surface area contributed by atoms with E-state index < -0.39 is 10.0 Å². The van der Waals surface area contributed by atoms with E-state index in [2.05, 4.69) is 10.0 Å². The van der Waals surface area contributed by atoms with Gasteiger partial charge in [0.15, 0.2) is 0 Å². The Morgan fingerprint density at radius 3 is 3.00 bits per heavy atom. The summed E-state index contributed by atoms with van der Waals surface area (Å²) in [5, 5.41) is 5.33. The summed E-state index contributed by atoms with van der Waals surface area (Å²) in [5.74, 6) is 0.135. The van der Waals surface area contributed by atoms with Crippen LogP contribution in [0.4, 0.5) is 0 Å². The van der Waals surface area contributed by atoms with Crippen LogP contribution in [-0.2, 0) is 21.2 Å². The first-order valence-electron chi connectivity index (χ1n) is 6.79. The maximum absolute atomic E-state index is 12.1. The zero-order valence-corrected chi connectivity index (χ0v) is 13.4. The third kappa shape index (κ3) is 4.53. The summed E-state index contributed by atoms with van der Waals surface area (Å²) in [4.78, 5) is 1.10. The van der Waals surface area contributed by atoms with E-state index in [1.165, 1.54) is 0 Å². The summed E-state index contributed by atoms with van der Waals surface area (Å²) in [7, 11) is -1.59. The quantitative estimate of drug-likeness (QED) is 0.750. The topological polar surface area (TPSA) is 67.4 Å². The average molecular weight is 318 g/mol. The van der Waals surface area contributed by atoms with Gasteiger partial charge in [-0.25, -0.2) is 13.1 Å². The highest BCUT2D eigenvalue weighted by molar-refractivity contribution is 7.89. The van der Waals surface area contributed by atoms with Crippen molar-refractivity contribution in [3.63, 3.8) is 0 Å². The van der Waals surface area contributed by atoms with Crippen LogP contribution in [0.25, 0.3) is 0 Å². The molecule has 1 aromatic rings. The Balaban J connectivity index is 1.84. The molecule has 1 aromatic heterocycles. The van der Waals surface area contributed by atoms with Crippen molar-refractivity contribution in [1.29, 1.82) is 0 Å². The summed E-state index contributed by atoms with van der Waals surface area (Å²) in [6.07, 6.45) is 2.56. The SMILES string of the molecule is COCC1(CNS(=O)(=O)CCc2cccs2)CCCN1. The van der Waals surface area contributed by atoms with Gasteiger partial charge in [0.05, 0.1) is 17.9 Å². The standard InChI is InChI=1S/C13H22N2O3S2/c1-18-11-13(6-3-7-14-13)10-15-20(16,17)9-5-12-4-2-8-19-12/h2,4,8,14-15H,3,5-7,9-11H2,1H3. The number of methoxy groups -OCH3 is 1. The molecule has 0 aliphatic carbocycles. The highest BCUT2D eigenvalue weighted by Crippen LogP contribution is 2.19. The minimum Gasteiger partial charge on any atom is -0.383 e. The van der Waals surface area contributed by atoms with Gasteiger partial charge in [0.25, 0.3) is 0 Å². The van der Waals surface area contributed by atoms with E-state index >= 15 is 0 Å². The number of aryl methyl sites for hydroxylation is 1. The molecule has 1 saturated heterocycles. The van der Waals surface area contributed by atoms with Crippen LogP contribution in [0, 0.1) is 0 Å². The number of ether oxygens (including phenoxy) is 1. The molecule has 1 fully saturated rings. The molecule has 20 heavy (non-hydrogen) atoms. The van der Waals surface area contributed by atoms with Crippen molar-refractivity contribution in [2.24, 2.45) is 0 Å². The zero-order valence-electron chi connectivity index (χ0n) is 11.7. The lowest BCUT2D eigenvalue weighted by atomic mass is 9.99. The molecule has 0 saturated carbocycles. The minimum absolute atomic E-state index is 0.135. The van der Waals surface area contributed by atoms with Crippen molar-refractivity contribution >= 4 is 21.4 Å². The molecule has 2 heterocycles. The maximum Gasteiger partial charge on any atom is 0.212 e. The molecule has 1 atom stereocenters. The highest BCUT2D eigenvalue weighted by Gasteiger charge is 2.34. The Kier molecular flexibility index (Phi) is 5.57. The van der Waals surface area contributed by atoms with Crippen LogP contribution in [0.2, 0.25) is 0 Å². The molecule has 7 heteroatoms. The molecule has 1 aliphatic heterocycles. The smallest absolute Gasteiger partial charge is 0.212 e. The van der Waals surface area contributed by atoms with E-state index in [0.29, 0.717) is 19.6 Å². The summed E-state index contributed by atoms with van der Waals surface area (Å²) < 4.78 is 32.0. The van der Waals surface area contributed by atoms with E-state index in [4.69, 9.17) is 4.74 Å². The number of rotatable bonds is 8. The van der Waals surface area contributed by atoms with Crippen LogP contribution in [0.5, 0.6) is 0 Å². The molecule has 5 nitrogen and oxygen atoms in total. The fourth-order valence-corrected chi connectivity index (χ4v) is 4.45. The van der Waals surface area contributed by atoms with Crippen molar-refractivity contribution in [2.75, 3.05) is 32.6 Å². The van der Waals surface area contributed by atoms with Crippen LogP contribution >= 0.6 is 11.3 Å². The Bertz CT molecular complexity index is 494. The monoisotopic (exact) mass is 318 g/mol. The Hall–Kier alpha value is -0.470. The molecule has 2 rings (SSSR count). The fourth-order valence-electron chi connectivity index (χ4n) is 2.48. The van der Waals surface area contributed by atoms with Crippen LogP contribution in [0.15, 0.2) is 17.5 Å². The second-order valence-electron chi connectivity index (χ2n) is 5.21. The molecule has 0 aromatic carbocycles. The van der Waals surface area contributed by atoms with Gasteiger partial charge in [0, 0.05) is 18.5 Å². The van der Waals surface area contributed by atoms with E-state index in [0.717, 1.165) is 24.3 Å². The predicted molar refractivity (Wildman–Crippen MR) is 81.7 cm³/mol. The first-order valence-corrected chi connectivity index (χ1v) is 9.32. The minimum atomic E-state index is -3.24. The van der Waals surface area contributed by atoms with Crippen molar-refractivity contribution < 1.29 is 13.2 Å². The van der Waals surface area contributed by atoms with Gasteiger partial charge in [-0.3, -0.25) is 0 Å². The highest BCUT2D eigenvalue weighted by atomic mass is 32.2. The molecule has 2 N–H and O–H groups in total.